The first-order valence-corrected chi connectivity index (χ1v) is 4.75. The van der Waals surface area contributed by atoms with Gasteiger partial charge in [-0.2, -0.15) is 0 Å². The second kappa shape index (κ2) is 3.26. The van der Waals surface area contributed by atoms with Crippen LogP contribution < -0.4 is 4.74 Å². The lowest BCUT2D eigenvalue weighted by Gasteiger charge is -2.01. The largest absolute Gasteiger partial charge is 0.495 e. The van der Waals surface area contributed by atoms with E-state index in [2.05, 4.69) is 4.98 Å². The summed E-state index contributed by atoms with van der Waals surface area (Å²) in [5.74, 6) is -0.309. The minimum Gasteiger partial charge on any atom is -0.495 e. The highest BCUT2D eigenvalue weighted by molar-refractivity contribution is 7.17. The Morgan fingerprint density at radius 2 is 2.36 bits per heavy atom. The van der Waals surface area contributed by atoms with E-state index in [1.165, 1.54) is 17.4 Å². The molecule has 0 aliphatic heterocycles. The predicted octanol–water partition coefficient (Wildman–Crippen LogP) is 2.00. The molecule has 0 aliphatic rings. The molecule has 1 aromatic heterocycles. The number of methoxy groups -OCH3 is 1. The van der Waals surface area contributed by atoms with Gasteiger partial charge >= 0.3 is 5.97 Å². The summed E-state index contributed by atoms with van der Waals surface area (Å²) in [5.41, 5.74) is 2.31. The number of ether oxygens (including phenoxy) is 1. The van der Waals surface area contributed by atoms with Crippen molar-refractivity contribution in [2.24, 2.45) is 0 Å². The number of aromatic carboxylic acids is 1. The molecule has 0 saturated heterocycles. The maximum absolute atomic E-state index is 10.8. The first-order valence-electron chi connectivity index (χ1n) is 3.87. The number of thiazole rings is 1. The first kappa shape index (κ1) is 8.96. The van der Waals surface area contributed by atoms with Crippen LogP contribution in [0.4, 0.5) is 0 Å². The first-order chi connectivity index (χ1) is 6.74. The number of benzene rings is 1. The number of hydrogen-bond acceptors (Lipinski definition) is 4. The summed E-state index contributed by atoms with van der Waals surface area (Å²) in [6.07, 6.45) is 0. The maximum Gasteiger partial charge on any atom is 0.337 e. The second-order valence-electron chi connectivity index (χ2n) is 2.65. The average molecular weight is 209 g/mol. The average Bonchev–Trinajstić information content (AvgIpc) is 2.64. The summed E-state index contributed by atoms with van der Waals surface area (Å²) in [4.78, 5) is 14.8. The maximum atomic E-state index is 10.8. The molecule has 2 rings (SSSR count). The molecular weight excluding hydrogens is 202 g/mol. The van der Waals surface area contributed by atoms with Crippen molar-refractivity contribution >= 4 is 27.5 Å². The SMILES string of the molecule is COc1ccc(C(=O)O)c2ncsc12. The van der Waals surface area contributed by atoms with Crippen molar-refractivity contribution in [1.82, 2.24) is 4.98 Å². The molecule has 14 heavy (non-hydrogen) atoms. The van der Waals surface area contributed by atoms with Crippen LogP contribution in [0.25, 0.3) is 10.2 Å². The minimum absolute atomic E-state index is 0.210. The molecule has 4 nitrogen and oxygen atoms in total. The molecular formula is C9H7NO3S. The van der Waals surface area contributed by atoms with Crippen LogP contribution in [-0.2, 0) is 0 Å². The molecule has 1 aromatic carbocycles. The fourth-order valence-electron chi connectivity index (χ4n) is 1.26. The summed E-state index contributed by atoms with van der Waals surface area (Å²) in [7, 11) is 1.55. The summed E-state index contributed by atoms with van der Waals surface area (Å²) < 4.78 is 5.87. The molecule has 2 aromatic rings. The lowest BCUT2D eigenvalue weighted by atomic mass is 10.2. The minimum atomic E-state index is -0.969. The Kier molecular flexibility index (Phi) is 2.09. The monoisotopic (exact) mass is 209 g/mol. The van der Waals surface area contributed by atoms with Crippen molar-refractivity contribution in [2.45, 2.75) is 0 Å². The van der Waals surface area contributed by atoms with Crippen LogP contribution in [0.2, 0.25) is 0 Å². The Labute approximate surface area is 83.8 Å². The number of nitrogens with zero attached hydrogens (tertiary/aromatic N) is 1. The molecule has 0 spiro atoms. The normalized spacial score (nSPS) is 10.4. The molecule has 72 valence electrons. The van der Waals surface area contributed by atoms with Crippen LogP contribution in [0.3, 0.4) is 0 Å². The number of carboxylic acids is 1. The highest BCUT2D eigenvalue weighted by Crippen LogP contribution is 2.30. The van der Waals surface area contributed by atoms with Gasteiger partial charge in [-0.05, 0) is 12.1 Å². The van der Waals surface area contributed by atoms with Crippen molar-refractivity contribution < 1.29 is 14.6 Å². The van der Waals surface area contributed by atoms with Crippen LogP contribution >= 0.6 is 11.3 Å². The summed E-state index contributed by atoms with van der Waals surface area (Å²) in [6, 6.07) is 3.15. The lowest BCUT2D eigenvalue weighted by Crippen LogP contribution is -1.97. The van der Waals surface area contributed by atoms with Gasteiger partial charge < -0.3 is 9.84 Å². The van der Waals surface area contributed by atoms with Crippen LogP contribution in [0.15, 0.2) is 17.6 Å². The molecule has 0 radical (unpaired) electrons. The molecule has 5 heteroatoms. The number of carboxylic acid groups (broad SMARTS) is 1. The standard InChI is InChI=1S/C9H7NO3S/c1-13-6-3-2-5(9(11)12)7-8(6)14-4-10-7/h2-4H,1H3,(H,11,12). The molecule has 0 atom stereocenters. The molecule has 0 amide bonds. The van der Waals surface area contributed by atoms with Gasteiger partial charge in [0.15, 0.2) is 0 Å². The quantitative estimate of drug-likeness (QED) is 0.821. The van der Waals surface area contributed by atoms with Gasteiger partial charge in [0.1, 0.15) is 5.75 Å². The number of carbonyl (C=O) groups is 1. The third-order valence-electron chi connectivity index (χ3n) is 1.90. The Balaban J connectivity index is 2.78. The fourth-order valence-corrected chi connectivity index (χ4v) is 2.07. The van der Waals surface area contributed by atoms with Gasteiger partial charge in [0.25, 0.3) is 0 Å². The van der Waals surface area contributed by atoms with Crippen molar-refractivity contribution in [3.05, 3.63) is 23.2 Å². The van der Waals surface area contributed by atoms with E-state index < -0.39 is 5.97 Å². The molecule has 0 bridgehead atoms. The van der Waals surface area contributed by atoms with Crippen molar-refractivity contribution in [3.63, 3.8) is 0 Å². The zero-order chi connectivity index (χ0) is 10.1. The van der Waals surface area contributed by atoms with E-state index in [0.717, 1.165) is 4.70 Å². The molecule has 1 N–H and O–H groups in total. The number of aromatic nitrogens is 1. The highest BCUT2D eigenvalue weighted by atomic mass is 32.1. The van der Waals surface area contributed by atoms with E-state index in [1.54, 1.807) is 18.7 Å². The van der Waals surface area contributed by atoms with Gasteiger partial charge in [-0.25, -0.2) is 9.78 Å². The third-order valence-corrected chi connectivity index (χ3v) is 2.74. The highest BCUT2D eigenvalue weighted by Gasteiger charge is 2.13. The number of hydrogen-bond donors (Lipinski definition) is 1. The van der Waals surface area contributed by atoms with Gasteiger partial charge in [-0.15, -0.1) is 11.3 Å². The van der Waals surface area contributed by atoms with Crippen LogP contribution in [0.1, 0.15) is 10.4 Å². The summed E-state index contributed by atoms with van der Waals surface area (Å²) >= 11 is 1.37. The van der Waals surface area contributed by atoms with Crippen molar-refractivity contribution in [2.75, 3.05) is 7.11 Å². The van der Waals surface area contributed by atoms with E-state index in [9.17, 15) is 4.79 Å². The molecule has 0 unspecified atom stereocenters. The van der Waals surface area contributed by atoms with E-state index in [0.29, 0.717) is 11.3 Å². The van der Waals surface area contributed by atoms with Gasteiger partial charge in [-0.1, -0.05) is 0 Å². The topological polar surface area (TPSA) is 59.4 Å². The van der Waals surface area contributed by atoms with E-state index in [4.69, 9.17) is 9.84 Å². The van der Waals surface area contributed by atoms with Crippen LogP contribution in [0.5, 0.6) is 5.75 Å². The van der Waals surface area contributed by atoms with E-state index in [-0.39, 0.29) is 5.56 Å². The zero-order valence-electron chi connectivity index (χ0n) is 7.35. The molecule has 1 heterocycles. The van der Waals surface area contributed by atoms with E-state index in [1.807, 2.05) is 0 Å². The Bertz CT molecular complexity index is 492. The molecule has 0 fully saturated rings. The van der Waals surface area contributed by atoms with Gasteiger partial charge in [0.05, 0.1) is 28.4 Å². The number of rotatable bonds is 2. The van der Waals surface area contributed by atoms with Crippen molar-refractivity contribution in [1.29, 1.82) is 0 Å². The zero-order valence-corrected chi connectivity index (χ0v) is 8.17. The Morgan fingerprint density at radius 1 is 1.57 bits per heavy atom. The van der Waals surface area contributed by atoms with Gasteiger partial charge in [0.2, 0.25) is 0 Å². The summed E-state index contributed by atoms with van der Waals surface area (Å²) in [5, 5.41) is 8.89. The lowest BCUT2D eigenvalue weighted by molar-refractivity contribution is 0.0699. The third kappa shape index (κ3) is 1.22. The molecule has 0 saturated carbocycles. The van der Waals surface area contributed by atoms with Gasteiger partial charge in [-0.3, -0.25) is 0 Å². The predicted molar refractivity (Wildman–Crippen MR) is 53.1 cm³/mol. The molecule has 0 aliphatic carbocycles. The smallest absolute Gasteiger partial charge is 0.337 e. The summed E-state index contributed by atoms with van der Waals surface area (Å²) in [6.45, 7) is 0. The number of fused-ring (bicyclic) bond motifs is 1. The fraction of sp³-hybridized carbons (Fsp3) is 0.111. The van der Waals surface area contributed by atoms with Crippen LogP contribution in [-0.4, -0.2) is 23.2 Å². The van der Waals surface area contributed by atoms with E-state index >= 15 is 0 Å². The Morgan fingerprint density at radius 3 is 3.00 bits per heavy atom. The Hall–Kier alpha value is -1.62. The van der Waals surface area contributed by atoms with Crippen LogP contribution in [0, 0.1) is 0 Å². The van der Waals surface area contributed by atoms with Crippen molar-refractivity contribution in [3.8, 4) is 5.75 Å². The second-order valence-corrected chi connectivity index (χ2v) is 3.51. The van der Waals surface area contributed by atoms with Gasteiger partial charge in [0, 0.05) is 0 Å².